The van der Waals surface area contributed by atoms with Gasteiger partial charge in [-0.3, -0.25) is 4.79 Å². The van der Waals surface area contributed by atoms with Gasteiger partial charge in [-0.25, -0.2) is 0 Å². The SMILES string of the molecule is CC(Cl)CN(C)C(=O)c1cc(I)ccc1O. The predicted molar refractivity (Wildman–Crippen MR) is 73.1 cm³/mol. The average molecular weight is 354 g/mol. The first-order chi connectivity index (χ1) is 7.41. The van der Waals surface area contributed by atoms with E-state index in [4.69, 9.17) is 11.6 Å². The molecule has 0 radical (unpaired) electrons. The Morgan fingerprint density at radius 3 is 2.81 bits per heavy atom. The van der Waals surface area contributed by atoms with Crippen LogP contribution in [0.3, 0.4) is 0 Å². The lowest BCUT2D eigenvalue weighted by atomic mass is 10.2. The fourth-order valence-electron chi connectivity index (χ4n) is 1.35. The maximum atomic E-state index is 12.0. The van der Waals surface area contributed by atoms with Crippen LogP contribution in [0.4, 0.5) is 0 Å². The van der Waals surface area contributed by atoms with Crippen LogP contribution in [0.1, 0.15) is 17.3 Å². The van der Waals surface area contributed by atoms with Crippen molar-refractivity contribution in [2.24, 2.45) is 0 Å². The Labute approximate surface area is 114 Å². The molecule has 0 saturated heterocycles. The van der Waals surface area contributed by atoms with Gasteiger partial charge in [-0.05, 0) is 47.7 Å². The van der Waals surface area contributed by atoms with Gasteiger partial charge < -0.3 is 10.0 Å². The number of alkyl halides is 1. The van der Waals surface area contributed by atoms with Crippen molar-refractivity contribution in [1.29, 1.82) is 0 Å². The van der Waals surface area contributed by atoms with Gasteiger partial charge in [0, 0.05) is 22.5 Å². The Bertz CT molecular complexity index is 396. The zero-order valence-electron chi connectivity index (χ0n) is 9.08. The van der Waals surface area contributed by atoms with Crippen LogP contribution in [0.2, 0.25) is 0 Å². The number of carbonyl (C=O) groups is 1. The number of hydrogen-bond acceptors (Lipinski definition) is 2. The Kier molecular flexibility index (Phi) is 4.86. The molecule has 0 aliphatic heterocycles. The van der Waals surface area contributed by atoms with Crippen molar-refractivity contribution in [3.63, 3.8) is 0 Å². The maximum Gasteiger partial charge on any atom is 0.257 e. The third kappa shape index (κ3) is 3.52. The van der Waals surface area contributed by atoms with E-state index in [1.54, 1.807) is 19.2 Å². The van der Waals surface area contributed by atoms with E-state index in [2.05, 4.69) is 22.6 Å². The van der Waals surface area contributed by atoms with Crippen molar-refractivity contribution in [3.8, 4) is 5.75 Å². The molecular weight excluding hydrogens is 340 g/mol. The number of halogens is 2. The summed E-state index contributed by atoms with van der Waals surface area (Å²) < 4.78 is 0.908. The number of benzene rings is 1. The molecule has 1 unspecified atom stereocenters. The minimum atomic E-state index is -0.219. The maximum absolute atomic E-state index is 12.0. The normalized spacial score (nSPS) is 12.2. The highest BCUT2D eigenvalue weighted by Crippen LogP contribution is 2.21. The number of rotatable bonds is 3. The van der Waals surface area contributed by atoms with E-state index in [1.807, 2.05) is 6.92 Å². The molecule has 16 heavy (non-hydrogen) atoms. The molecule has 0 aliphatic carbocycles. The van der Waals surface area contributed by atoms with Gasteiger partial charge in [0.05, 0.1) is 5.56 Å². The second kappa shape index (κ2) is 5.72. The summed E-state index contributed by atoms with van der Waals surface area (Å²) in [5.41, 5.74) is 0.312. The third-order valence-electron chi connectivity index (χ3n) is 2.06. The highest BCUT2D eigenvalue weighted by atomic mass is 127. The van der Waals surface area contributed by atoms with Gasteiger partial charge >= 0.3 is 0 Å². The predicted octanol–water partition coefficient (Wildman–Crippen LogP) is 2.70. The van der Waals surface area contributed by atoms with E-state index < -0.39 is 0 Å². The molecule has 1 aromatic rings. The van der Waals surface area contributed by atoms with Crippen molar-refractivity contribution >= 4 is 40.1 Å². The van der Waals surface area contributed by atoms with Crippen molar-refractivity contribution in [3.05, 3.63) is 27.3 Å². The highest BCUT2D eigenvalue weighted by Gasteiger charge is 2.17. The number of phenols is 1. The molecule has 0 fully saturated rings. The average Bonchev–Trinajstić information content (AvgIpc) is 2.19. The second-order valence-electron chi connectivity index (χ2n) is 3.63. The lowest BCUT2D eigenvalue weighted by Gasteiger charge is -2.19. The monoisotopic (exact) mass is 353 g/mol. The molecule has 0 saturated carbocycles. The summed E-state index contributed by atoms with van der Waals surface area (Å²) in [4.78, 5) is 13.5. The van der Waals surface area contributed by atoms with Crippen molar-refractivity contribution in [1.82, 2.24) is 4.90 Å². The molecular formula is C11H13ClINO2. The molecule has 5 heteroatoms. The zero-order chi connectivity index (χ0) is 12.3. The fraction of sp³-hybridized carbons (Fsp3) is 0.364. The lowest BCUT2D eigenvalue weighted by molar-refractivity contribution is 0.0793. The van der Waals surface area contributed by atoms with E-state index in [9.17, 15) is 9.90 Å². The Morgan fingerprint density at radius 2 is 2.25 bits per heavy atom. The third-order valence-corrected chi connectivity index (χ3v) is 2.87. The molecule has 3 nitrogen and oxygen atoms in total. The molecule has 1 rings (SSSR count). The minimum absolute atomic E-state index is 0.000471. The van der Waals surface area contributed by atoms with Crippen molar-refractivity contribution in [2.45, 2.75) is 12.3 Å². The molecule has 1 aromatic carbocycles. The van der Waals surface area contributed by atoms with Gasteiger partial charge in [-0.15, -0.1) is 11.6 Å². The van der Waals surface area contributed by atoms with Crippen LogP contribution in [0.5, 0.6) is 5.75 Å². The minimum Gasteiger partial charge on any atom is -0.507 e. The van der Waals surface area contributed by atoms with Gasteiger partial charge in [0.25, 0.3) is 5.91 Å². The molecule has 0 heterocycles. The first-order valence-electron chi connectivity index (χ1n) is 4.80. The van der Waals surface area contributed by atoms with Crippen LogP contribution in [0, 0.1) is 3.57 Å². The summed E-state index contributed by atoms with van der Waals surface area (Å²) in [6.07, 6.45) is 0. The van der Waals surface area contributed by atoms with Crippen LogP contribution in [0.25, 0.3) is 0 Å². The Balaban J connectivity index is 2.91. The van der Waals surface area contributed by atoms with E-state index >= 15 is 0 Å². The van der Waals surface area contributed by atoms with Crippen molar-refractivity contribution < 1.29 is 9.90 Å². The van der Waals surface area contributed by atoms with Gasteiger partial charge in [-0.2, -0.15) is 0 Å². The van der Waals surface area contributed by atoms with Gasteiger partial charge in [0.2, 0.25) is 0 Å². The van der Waals surface area contributed by atoms with Crippen LogP contribution in [0.15, 0.2) is 18.2 Å². The Hall–Kier alpha value is -0.490. The number of phenolic OH excluding ortho intramolecular Hbond substituents is 1. The van der Waals surface area contributed by atoms with E-state index in [0.717, 1.165) is 3.57 Å². The molecule has 1 amide bonds. The molecule has 0 aromatic heterocycles. The van der Waals surface area contributed by atoms with Crippen LogP contribution >= 0.6 is 34.2 Å². The van der Waals surface area contributed by atoms with Crippen LogP contribution < -0.4 is 0 Å². The van der Waals surface area contributed by atoms with E-state index in [0.29, 0.717) is 12.1 Å². The first kappa shape index (κ1) is 13.6. The van der Waals surface area contributed by atoms with Crippen LogP contribution in [-0.4, -0.2) is 34.9 Å². The topological polar surface area (TPSA) is 40.5 Å². The summed E-state index contributed by atoms with van der Waals surface area (Å²) >= 11 is 7.91. The van der Waals surface area contributed by atoms with Gasteiger partial charge in [-0.1, -0.05) is 0 Å². The van der Waals surface area contributed by atoms with E-state index in [1.165, 1.54) is 11.0 Å². The molecule has 88 valence electrons. The summed E-state index contributed by atoms with van der Waals surface area (Å²) in [6, 6.07) is 4.93. The number of hydrogen-bond donors (Lipinski definition) is 1. The number of carbonyl (C=O) groups excluding carboxylic acids is 1. The molecule has 0 spiro atoms. The summed E-state index contributed by atoms with van der Waals surface area (Å²) in [5, 5.41) is 9.49. The number of aromatic hydroxyl groups is 1. The molecule has 0 bridgehead atoms. The summed E-state index contributed by atoms with van der Waals surface area (Å²) in [5.74, 6) is -0.219. The first-order valence-corrected chi connectivity index (χ1v) is 6.31. The molecule has 0 aliphatic rings. The highest BCUT2D eigenvalue weighted by molar-refractivity contribution is 14.1. The largest absolute Gasteiger partial charge is 0.507 e. The van der Waals surface area contributed by atoms with Crippen LogP contribution in [-0.2, 0) is 0 Å². The number of amides is 1. The quantitative estimate of drug-likeness (QED) is 0.670. The van der Waals surface area contributed by atoms with E-state index in [-0.39, 0.29) is 17.0 Å². The zero-order valence-corrected chi connectivity index (χ0v) is 12.0. The standard InChI is InChI=1S/C11H13ClINO2/c1-7(12)6-14(2)11(16)9-5-8(13)3-4-10(9)15/h3-5,7,15H,6H2,1-2H3. The smallest absolute Gasteiger partial charge is 0.257 e. The van der Waals surface area contributed by atoms with Crippen molar-refractivity contribution in [2.75, 3.05) is 13.6 Å². The van der Waals surface area contributed by atoms with Gasteiger partial charge in [0.1, 0.15) is 5.75 Å². The summed E-state index contributed by atoms with van der Waals surface area (Å²) in [7, 11) is 1.67. The second-order valence-corrected chi connectivity index (χ2v) is 5.62. The lowest BCUT2D eigenvalue weighted by Crippen LogP contribution is -2.31. The molecule has 1 atom stereocenters. The Morgan fingerprint density at radius 1 is 1.62 bits per heavy atom. The fourth-order valence-corrected chi connectivity index (χ4v) is 2.04. The summed E-state index contributed by atoms with van der Waals surface area (Å²) in [6.45, 7) is 2.27. The number of nitrogens with zero attached hydrogens (tertiary/aromatic N) is 1. The van der Waals surface area contributed by atoms with Gasteiger partial charge in [0.15, 0.2) is 0 Å². The molecule has 1 N–H and O–H groups in total.